The van der Waals surface area contributed by atoms with Gasteiger partial charge in [-0.1, -0.05) is 50.2 Å². The van der Waals surface area contributed by atoms with Crippen molar-refractivity contribution in [1.29, 1.82) is 0 Å². The van der Waals surface area contributed by atoms with Crippen molar-refractivity contribution in [3.63, 3.8) is 0 Å². The summed E-state index contributed by atoms with van der Waals surface area (Å²) < 4.78 is 19.6. The maximum absolute atomic E-state index is 10.9. The van der Waals surface area contributed by atoms with E-state index >= 15 is 0 Å². The average Bonchev–Trinajstić information content (AvgIpc) is 3.23. The van der Waals surface area contributed by atoms with E-state index in [0.717, 1.165) is 40.6 Å². The zero-order chi connectivity index (χ0) is 27.8. The van der Waals surface area contributed by atoms with Crippen molar-refractivity contribution in [2.45, 2.75) is 40.3 Å². The Balaban J connectivity index is 1.59. The number of benzene rings is 3. The quantitative estimate of drug-likeness (QED) is 0.223. The van der Waals surface area contributed by atoms with E-state index in [1.807, 2.05) is 97.4 Å². The molecule has 0 aliphatic rings. The molecule has 0 aliphatic heterocycles. The number of aryl methyl sites for hydroxylation is 2. The molecule has 1 atom stereocenters. The van der Waals surface area contributed by atoms with Crippen molar-refractivity contribution < 1.29 is 19.3 Å². The number of para-hydroxylation sites is 2. The smallest absolute Gasteiger partial charge is 0.227 e. The number of aromatic nitrogens is 2. The third-order valence-corrected chi connectivity index (χ3v) is 6.41. The molecule has 39 heavy (non-hydrogen) atoms. The van der Waals surface area contributed by atoms with Crippen molar-refractivity contribution in [2.24, 2.45) is 5.92 Å². The zero-order valence-electron chi connectivity index (χ0n) is 23.5. The van der Waals surface area contributed by atoms with E-state index in [1.54, 1.807) is 7.11 Å². The van der Waals surface area contributed by atoms with Crippen LogP contribution in [0.25, 0.3) is 5.69 Å². The maximum Gasteiger partial charge on any atom is 0.227 e. The highest BCUT2D eigenvalue weighted by atomic mass is 16.5. The van der Waals surface area contributed by atoms with E-state index in [-0.39, 0.29) is 6.61 Å². The molecule has 1 aromatic heterocycles. The number of hydrogen-bond acceptors (Lipinski definition) is 6. The Hall–Kier alpha value is -3.81. The third-order valence-electron chi connectivity index (χ3n) is 6.41. The molecule has 0 radical (unpaired) electrons. The van der Waals surface area contributed by atoms with Gasteiger partial charge in [0, 0.05) is 19.6 Å². The number of nitrogens with zero attached hydrogens (tertiary/aromatic N) is 3. The predicted octanol–water partition coefficient (Wildman–Crippen LogP) is 6.19. The van der Waals surface area contributed by atoms with E-state index in [2.05, 4.69) is 18.7 Å². The molecular weight excluding hydrogens is 490 g/mol. The second-order valence-corrected chi connectivity index (χ2v) is 10.2. The minimum atomic E-state index is -0.654. The maximum atomic E-state index is 10.9. The summed E-state index contributed by atoms with van der Waals surface area (Å²) in [5.74, 6) is 3.31. The van der Waals surface area contributed by atoms with Gasteiger partial charge in [-0.25, -0.2) is 4.68 Å². The molecule has 206 valence electrons. The second-order valence-electron chi connectivity index (χ2n) is 10.2. The standard InChI is InChI=1S/C32H39N3O4/c1-23(2)19-34(20-27(36)22-38-31-14-10-9-11-24(31)3)21-30-25(4)33-35(26-12-7-6-8-13-26)32(30)39-29-17-15-28(37-5)16-18-29/h6-18,23,27,36H,19-22H2,1-5H3. The van der Waals surface area contributed by atoms with Crippen LogP contribution in [-0.4, -0.2) is 52.7 Å². The third kappa shape index (κ3) is 7.62. The van der Waals surface area contributed by atoms with Gasteiger partial charge in [-0.3, -0.25) is 4.90 Å². The fourth-order valence-electron chi connectivity index (χ4n) is 4.52. The largest absolute Gasteiger partial charge is 0.497 e. The minimum absolute atomic E-state index is 0.219. The van der Waals surface area contributed by atoms with Crippen LogP contribution >= 0.6 is 0 Å². The van der Waals surface area contributed by atoms with Crippen LogP contribution in [0, 0.1) is 19.8 Å². The van der Waals surface area contributed by atoms with Gasteiger partial charge in [0.25, 0.3) is 0 Å². The van der Waals surface area contributed by atoms with E-state index in [9.17, 15) is 5.11 Å². The van der Waals surface area contributed by atoms with Crippen molar-refractivity contribution in [1.82, 2.24) is 14.7 Å². The Morgan fingerprint density at radius 2 is 1.54 bits per heavy atom. The molecule has 7 nitrogen and oxygen atoms in total. The van der Waals surface area contributed by atoms with E-state index in [1.165, 1.54) is 0 Å². The fourth-order valence-corrected chi connectivity index (χ4v) is 4.52. The topological polar surface area (TPSA) is 69.0 Å². The van der Waals surface area contributed by atoms with Gasteiger partial charge in [0.1, 0.15) is 30.0 Å². The first-order chi connectivity index (χ1) is 18.8. The molecule has 0 amide bonds. The second kappa shape index (κ2) is 13.3. The molecule has 0 aliphatic carbocycles. The lowest BCUT2D eigenvalue weighted by Gasteiger charge is -2.27. The van der Waals surface area contributed by atoms with Crippen LogP contribution in [0.15, 0.2) is 78.9 Å². The summed E-state index contributed by atoms with van der Waals surface area (Å²) in [6.07, 6.45) is -0.654. The van der Waals surface area contributed by atoms with Crippen molar-refractivity contribution in [3.8, 4) is 28.8 Å². The summed E-state index contributed by atoms with van der Waals surface area (Å²) in [6, 6.07) is 25.4. The Morgan fingerprint density at radius 1 is 0.872 bits per heavy atom. The zero-order valence-corrected chi connectivity index (χ0v) is 23.5. The first-order valence-electron chi connectivity index (χ1n) is 13.4. The fraction of sp³-hybridized carbons (Fsp3) is 0.344. The SMILES string of the molecule is COc1ccc(Oc2c(CN(CC(C)C)CC(O)COc3ccccc3C)c(C)nn2-c2ccccc2)cc1. The molecule has 1 unspecified atom stereocenters. The minimum Gasteiger partial charge on any atom is -0.497 e. The summed E-state index contributed by atoms with van der Waals surface area (Å²) in [5.41, 5.74) is 3.81. The predicted molar refractivity (Wildman–Crippen MR) is 154 cm³/mol. The lowest BCUT2D eigenvalue weighted by atomic mass is 10.1. The molecule has 7 heteroatoms. The molecule has 4 rings (SSSR count). The van der Waals surface area contributed by atoms with Crippen molar-refractivity contribution in [3.05, 3.63) is 95.7 Å². The molecule has 0 fully saturated rings. The monoisotopic (exact) mass is 529 g/mol. The molecule has 0 bridgehead atoms. The summed E-state index contributed by atoms with van der Waals surface area (Å²) in [4.78, 5) is 2.25. The lowest BCUT2D eigenvalue weighted by Crippen LogP contribution is -2.37. The number of rotatable bonds is 13. The Bertz CT molecular complexity index is 1320. The Morgan fingerprint density at radius 3 is 2.21 bits per heavy atom. The number of hydrogen-bond donors (Lipinski definition) is 1. The lowest BCUT2D eigenvalue weighted by molar-refractivity contribution is 0.0609. The van der Waals surface area contributed by atoms with Gasteiger partial charge < -0.3 is 19.3 Å². The highest BCUT2D eigenvalue weighted by Gasteiger charge is 2.23. The average molecular weight is 530 g/mol. The molecule has 3 aromatic carbocycles. The normalized spacial score (nSPS) is 12.1. The van der Waals surface area contributed by atoms with Crippen LogP contribution in [0.2, 0.25) is 0 Å². The highest BCUT2D eigenvalue weighted by molar-refractivity contribution is 5.44. The van der Waals surface area contributed by atoms with E-state index in [0.29, 0.717) is 30.6 Å². The molecule has 1 N–H and O–H groups in total. The molecule has 0 spiro atoms. The number of methoxy groups -OCH3 is 1. The summed E-state index contributed by atoms with van der Waals surface area (Å²) in [5, 5.41) is 15.8. The Kier molecular flexibility index (Phi) is 9.63. The van der Waals surface area contributed by atoms with Gasteiger partial charge >= 0.3 is 0 Å². The number of aliphatic hydroxyl groups excluding tert-OH is 1. The van der Waals surface area contributed by atoms with Crippen LogP contribution in [0.4, 0.5) is 0 Å². The van der Waals surface area contributed by atoms with Gasteiger partial charge in [-0.2, -0.15) is 5.10 Å². The van der Waals surface area contributed by atoms with Crippen molar-refractivity contribution in [2.75, 3.05) is 26.8 Å². The van der Waals surface area contributed by atoms with Crippen LogP contribution < -0.4 is 14.2 Å². The van der Waals surface area contributed by atoms with Gasteiger partial charge in [0.2, 0.25) is 5.88 Å². The molecule has 4 aromatic rings. The Labute approximate surface area is 231 Å². The first kappa shape index (κ1) is 28.2. The summed E-state index contributed by atoms with van der Waals surface area (Å²) in [6.45, 7) is 10.4. The summed E-state index contributed by atoms with van der Waals surface area (Å²) in [7, 11) is 1.64. The van der Waals surface area contributed by atoms with Crippen LogP contribution in [-0.2, 0) is 6.54 Å². The first-order valence-corrected chi connectivity index (χ1v) is 13.4. The highest BCUT2D eigenvalue weighted by Crippen LogP contribution is 2.32. The summed E-state index contributed by atoms with van der Waals surface area (Å²) >= 11 is 0. The van der Waals surface area contributed by atoms with E-state index < -0.39 is 6.10 Å². The molecule has 0 saturated heterocycles. The van der Waals surface area contributed by atoms with E-state index in [4.69, 9.17) is 19.3 Å². The van der Waals surface area contributed by atoms with Gasteiger partial charge in [-0.05, 0) is 67.8 Å². The van der Waals surface area contributed by atoms with Crippen molar-refractivity contribution >= 4 is 0 Å². The van der Waals surface area contributed by atoms with Crippen LogP contribution in [0.3, 0.4) is 0 Å². The molecule has 1 heterocycles. The van der Waals surface area contributed by atoms with Crippen LogP contribution in [0.1, 0.15) is 30.7 Å². The molecular formula is C32H39N3O4. The number of ether oxygens (including phenoxy) is 3. The van der Waals surface area contributed by atoms with Gasteiger partial charge in [0.15, 0.2) is 0 Å². The molecule has 0 saturated carbocycles. The number of aliphatic hydroxyl groups is 1. The van der Waals surface area contributed by atoms with Gasteiger partial charge in [-0.15, -0.1) is 0 Å². The van der Waals surface area contributed by atoms with Gasteiger partial charge in [0.05, 0.1) is 24.1 Å². The van der Waals surface area contributed by atoms with Crippen LogP contribution in [0.5, 0.6) is 23.1 Å².